The van der Waals surface area contributed by atoms with E-state index in [2.05, 4.69) is 36.3 Å². The van der Waals surface area contributed by atoms with Crippen molar-refractivity contribution in [1.82, 2.24) is 10.2 Å². The molecule has 1 saturated heterocycles. The van der Waals surface area contributed by atoms with Gasteiger partial charge >= 0.3 is 0 Å². The highest BCUT2D eigenvalue weighted by molar-refractivity contribution is 5.44. The minimum absolute atomic E-state index is 0.311. The number of fused-ring (bicyclic) bond motifs is 1. The van der Waals surface area contributed by atoms with Gasteiger partial charge < -0.3 is 14.8 Å². The molecule has 3 rings (SSSR count). The SMILES string of the molecule is CNC1(C)CCN(Cc2ccc3c(c2)OCO3)CC1. The molecular weight excluding hydrogens is 240 g/mol. The molecule has 2 heterocycles. The average Bonchev–Trinajstić information content (AvgIpc) is 2.89. The van der Waals surface area contributed by atoms with Crippen LogP contribution in [0, 0.1) is 0 Å². The summed E-state index contributed by atoms with van der Waals surface area (Å²) in [6.07, 6.45) is 2.40. The van der Waals surface area contributed by atoms with Gasteiger partial charge in [0, 0.05) is 25.2 Å². The summed E-state index contributed by atoms with van der Waals surface area (Å²) < 4.78 is 10.8. The van der Waals surface area contributed by atoms with E-state index in [9.17, 15) is 0 Å². The van der Waals surface area contributed by atoms with Crippen LogP contribution in [-0.2, 0) is 6.54 Å². The first-order chi connectivity index (χ1) is 9.18. The molecule has 19 heavy (non-hydrogen) atoms. The molecule has 0 radical (unpaired) electrons. The van der Waals surface area contributed by atoms with Gasteiger partial charge in [0.05, 0.1) is 0 Å². The summed E-state index contributed by atoms with van der Waals surface area (Å²) in [6, 6.07) is 6.26. The van der Waals surface area contributed by atoms with Gasteiger partial charge in [-0.2, -0.15) is 0 Å². The van der Waals surface area contributed by atoms with E-state index in [4.69, 9.17) is 9.47 Å². The van der Waals surface area contributed by atoms with E-state index in [-0.39, 0.29) is 0 Å². The molecule has 1 fully saturated rings. The first kappa shape index (κ1) is 12.8. The normalized spacial score (nSPS) is 21.6. The Kier molecular flexibility index (Phi) is 3.37. The van der Waals surface area contributed by atoms with Crippen molar-refractivity contribution < 1.29 is 9.47 Å². The van der Waals surface area contributed by atoms with Gasteiger partial charge in [-0.15, -0.1) is 0 Å². The second-order valence-electron chi connectivity index (χ2n) is 5.77. The van der Waals surface area contributed by atoms with Crippen molar-refractivity contribution in [2.45, 2.75) is 31.8 Å². The van der Waals surface area contributed by atoms with Gasteiger partial charge in [-0.3, -0.25) is 4.90 Å². The summed E-state index contributed by atoms with van der Waals surface area (Å²) in [7, 11) is 2.06. The highest BCUT2D eigenvalue weighted by Gasteiger charge is 2.28. The predicted molar refractivity (Wildman–Crippen MR) is 74.5 cm³/mol. The number of piperidine rings is 1. The molecule has 1 aromatic carbocycles. The lowest BCUT2D eigenvalue weighted by molar-refractivity contribution is 0.146. The Balaban J connectivity index is 1.61. The van der Waals surface area contributed by atoms with Crippen LogP contribution in [0.2, 0.25) is 0 Å². The van der Waals surface area contributed by atoms with Crippen molar-refractivity contribution >= 4 is 0 Å². The molecule has 0 atom stereocenters. The Labute approximate surface area is 114 Å². The van der Waals surface area contributed by atoms with Gasteiger partial charge in [0.15, 0.2) is 11.5 Å². The number of ether oxygens (including phenoxy) is 2. The number of benzene rings is 1. The van der Waals surface area contributed by atoms with Gasteiger partial charge in [-0.05, 0) is 44.5 Å². The number of rotatable bonds is 3. The molecular formula is C15H22N2O2. The third kappa shape index (κ3) is 2.69. The molecule has 1 N–H and O–H groups in total. The fraction of sp³-hybridized carbons (Fsp3) is 0.600. The Bertz CT molecular complexity index is 453. The average molecular weight is 262 g/mol. The zero-order valence-corrected chi connectivity index (χ0v) is 11.7. The standard InChI is InChI=1S/C15H22N2O2/c1-15(16-2)5-7-17(8-6-15)10-12-3-4-13-14(9-12)19-11-18-13/h3-4,9,16H,5-8,10-11H2,1-2H3. The molecule has 4 heteroatoms. The van der Waals surface area contributed by atoms with Crippen LogP contribution < -0.4 is 14.8 Å². The van der Waals surface area contributed by atoms with Gasteiger partial charge in [0.2, 0.25) is 6.79 Å². The zero-order chi connectivity index (χ0) is 13.3. The lowest BCUT2D eigenvalue weighted by Crippen LogP contribution is -2.49. The van der Waals surface area contributed by atoms with Crippen molar-refractivity contribution in [3.8, 4) is 11.5 Å². The number of hydrogen-bond donors (Lipinski definition) is 1. The minimum atomic E-state index is 0.311. The molecule has 1 aromatic rings. The topological polar surface area (TPSA) is 33.7 Å². The van der Waals surface area contributed by atoms with E-state index >= 15 is 0 Å². The maximum atomic E-state index is 5.43. The van der Waals surface area contributed by atoms with E-state index < -0.39 is 0 Å². The van der Waals surface area contributed by atoms with E-state index in [0.29, 0.717) is 12.3 Å². The molecule has 104 valence electrons. The second kappa shape index (κ2) is 5.02. The molecule has 0 amide bonds. The van der Waals surface area contributed by atoms with E-state index in [1.807, 2.05) is 6.07 Å². The molecule has 0 saturated carbocycles. The van der Waals surface area contributed by atoms with Crippen LogP contribution in [0.15, 0.2) is 18.2 Å². The number of nitrogens with one attached hydrogen (secondary N) is 1. The Morgan fingerprint density at radius 2 is 1.95 bits per heavy atom. The van der Waals surface area contributed by atoms with Gasteiger partial charge in [0.25, 0.3) is 0 Å². The number of likely N-dealkylation sites (tertiary alicyclic amines) is 1. The van der Waals surface area contributed by atoms with Crippen molar-refractivity contribution in [2.24, 2.45) is 0 Å². The van der Waals surface area contributed by atoms with Crippen LogP contribution in [0.3, 0.4) is 0 Å². The highest BCUT2D eigenvalue weighted by Crippen LogP contribution is 2.33. The van der Waals surface area contributed by atoms with Crippen molar-refractivity contribution in [3.63, 3.8) is 0 Å². The summed E-state index contributed by atoms with van der Waals surface area (Å²) in [4.78, 5) is 2.51. The molecule has 0 bridgehead atoms. The summed E-state index contributed by atoms with van der Waals surface area (Å²) in [6.45, 7) is 5.95. The third-order valence-corrected chi connectivity index (χ3v) is 4.41. The first-order valence-corrected chi connectivity index (χ1v) is 6.98. The van der Waals surface area contributed by atoms with Crippen molar-refractivity contribution in [2.75, 3.05) is 26.9 Å². The molecule has 0 aliphatic carbocycles. The van der Waals surface area contributed by atoms with Crippen LogP contribution in [0.1, 0.15) is 25.3 Å². The Morgan fingerprint density at radius 1 is 1.21 bits per heavy atom. The third-order valence-electron chi connectivity index (χ3n) is 4.41. The number of hydrogen-bond acceptors (Lipinski definition) is 4. The summed E-state index contributed by atoms with van der Waals surface area (Å²) in [5.41, 5.74) is 1.61. The van der Waals surface area contributed by atoms with Crippen LogP contribution in [0.5, 0.6) is 11.5 Å². The summed E-state index contributed by atoms with van der Waals surface area (Å²) in [5, 5.41) is 3.44. The molecule has 2 aliphatic rings. The van der Waals surface area contributed by atoms with E-state index in [0.717, 1.165) is 31.1 Å². The quantitative estimate of drug-likeness (QED) is 0.903. The zero-order valence-electron chi connectivity index (χ0n) is 11.7. The Hall–Kier alpha value is -1.26. The minimum Gasteiger partial charge on any atom is -0.454 e. The van der Waals surface area contributed by atoms with Crippen LogP contribution in [-0.4, -0.2) is 37.4 Å². The monoisotopic (exact) mass is 262 g/mol. The fourth-order valence-electron chi connectivity index (χ4n) is 2.75. The van der Waals surface area contributed by atoms with Crippen LogP contribution in [0.4, 0.5) is 0 Å². The van der Waals surface area contributed by atoms with E-state index in [1.54, 1.807) is 0 Å². The van der Waals surface area contributed by atoms with Crippen molar-refractivity contribution in [1.29, 1.82) is 0 Å². The largest absolute Gasteiger partial charge is 0.454 e. The predicted octanol–water partition coefficient (Wildman–Crippen LogP) is 1.99. The highest BCUT2D eigenvalue weighted by atomic mass is 16.7. The second-order valence-corrected chi connectivity index (χ2v) is 5.77. The molecule has 0 aromatic heterocycles. The Morgan fingerprint density at radius 3 is 2.68 bits per heavy atom. The number of nitrogens with zero attached hydrogens (tertiary/aromatic N) is 1. The van der Waals surface area contributed by atoms with Crippen LogP contribution in [0.25, 0.3) is 0 Å². The lowest BCUT2D eigenvalue weighted by Gasteiger charge is -2.39. The fourth-order valence-corrected chi connectivity index (χ4v) is 2.75. The van der Waals surface area contributed by atoms with Gasteiger partial charge in [0.1, 0.15) is 0 Å². The lowest BCUT2D eigenvalue weighted by atomic mass is 9.90. The van der Waals surface area contributed by atoms with Crippen molar-refractivity contribution in [3.05, 3.63) is 23.8 Å². The van der Waals surface area contributed by atoms with E-state index in [1.165, 1.54) is 18.4 Å². The molecule has 0 spiro atoms. The maximum absolute atomic E-state index is 5.43. The van der Waals surface area contributed by atoms with Crippen LogP contribution >= 0.6 is 0 Å². The van der Waals surface area contributed by atoms with Gasteiger partial charge in [-0.1, -0.05) is 6.07 Å². The molecule has 0 unspecified atom stereocenters. The molecule has 2 aliphatic heterocycles. The smallest absolute Gasteiger partial charge is 0.231 e. The molecule has 4 nitrogen and oxygen atoms in total. The summed E-state index contributed by atoms with van der Waals surface area (Å²) in [5.74, 6) is 1.75. The maximum Gasteiger partial charge on any atom is 0.231 e. The first-order valence-electron chi connectivity index (χ1n) is 6.98. The summed E-state index contributed by atoms with van der Waals surface area (Å²) >= 11 is 0. The van der Waals surface area contributed by atoms with Gasteiger partial charge in [-0.25, -0.2) is 0 Å².